The molecule has 214 valence electrons. The Kier molecular flexibility index (Phi) is 12.7. The first-order valence-corrected chi connectivity index (χ1v) is 13.7. The predicted octanol–water partition coefficient (Wildman–Crippen LogP) is 3.85. The summed E-state index contributed by atoms with van der Waals surface area (Å²) in [5.74, 6) is 1.16. The van der Waals surface area contributed by atoms with Crippen molar-refractivity contribution in [2.24, 2.45) is 0 Å². The van der Waals surface area contributed by atoms with Crippen LogP contribution in [0.3, 0.4) is 0 Å². The molecule has 3 rings (SSSR count). The number of aliphatic hydroxyl groups is 2. The van der Waals surface area contributed by atoms with E-state index in [-0.39, 0.29) is 24.8 Å². The van der Waals surface area contributed by atoms with Crippen LogP contribution in [0.5, 0.6) is 11.5 Å². The van der Waals surface area contributed by atoms with Gasteiger partial charge in [-0.05, 0) is 74.1 Å². The van der Waals surface area contributed by atoms with E-state index >= 15 is 0 Å². The zero-order valence-electron chi connectivity index (χ0n) is 22.7. The Morgan fingerprint density at radius 3 is 2.36 bits per heavy atom. The highest BCUT2D eigenvalue weighted by Gasteiger charge is 2.29. The zero-order valence-corrected chi connectivity index (χ0v) is 22.7. The van der Waals surface area contributed by atoms with Crippen LogP contribution >= 0.6 is 0 Å². The molecule has 0 aromatic heterocycles. The Balaban J connectivity index is 1.51. The number of Topliss-reactive ketones (excluding diaryl/α,β-unsaturated/α-hetero) is 1. The van der Waals surface area contributed by atoms with Crippen molar-refractivity contribution in [1.82, 2.24) is 10.2 Å². The van der Waals surface area contributed by atoms with E-state index in [0.29, 0.717) is 87.4 Å². The molecule has 0 saturated carbocycles. The van der Waals surface area contributed by atoms with Crippen LogP contribution in [0, 0.1) is 0 Å². The first-order chi connectivity index (χ1) is 18.9. The molecule has 9 heteroatoms. The van der Waals surface area contributed by atoms with Gasteiger partial charge in [0.05, 0.1) is 32.5 Å². The maximum Gasteiger partial charge on any atom is 0.220 e. The quantitative estimate of drug-likeness (QED) is 0.205. The van der Waals surface area contributed by atoms with Gasteiger partial charge in [-0.3, -0.25) is 18.9 Å². The van der Waals surface area contributed by atoms with Crippen molar-refractivity contribution in [2.45, 2.75) is 63.2 Å². The number of ether oxygens (including phenoxy) is 2. The number of hydrogen-bond donors (Lipinski definition) is 3. The molecule has 2 aromatic rings. The molecule has 2 aromatic carbocycles. The fourth-order valence-corrected chi connectivity index (χ4v) is 4.63. The molecule has 3 atom stereocenters. The van der Waals surface area contributed by atoms with Crippen LogP contribution in [0.2, 0.25) is 0 Å². The van der Waals surface area contributed by atoms with Crippen molar-refractivity contribution in [1.29, 1.82) is 0 Å². The highest BCUT2D eigenvalue weighted by Crippen LogP contribution is 2.23. The maximum atomic E-state index is 12.8. The number of amides is 1. The number of unbranched alkanes of at least 4 members (excludes halogenated alkanes) is 2. The zero-order chi connectivity index (χ0) is 28.0. The van der Waals surface area contributed by atoms with Crippen LogP contribution in [0.4, 0.5) is 4.39 Å². The molecule has 0 aliphatic carbocycles. The number of hydrogen-bond acceptors (Lipinski definition) is 7. The van der Waals surface area contributed by atoms with Crippen LogP contribution in [0.25, 0.3) is 0 Å². The lowest BCUT2D eigenvalue weighted by Gasteiger charge is -2.29. The van der Waals surface area contributed by atoms with Crippen LogP contribution < -0.4 is 14.8 Å². The average molecular weight is 545 g/mol. The molecule has 1 fully saturated rings. The minimum Gasteiger partial charge on any atom is -0.497 e. The summed E-state index contributed by atoms with van der Waals surface area (Å²) in [6.07, 6.45) is 2.11. The first kappa shape index (κ1) is 30.5. The summed E-state index contributed by atoms with van der Waals surface area (Å²) in [4.78, 5) is 27.3. The molecule has 8 nitrogen and oxygen atoms in total. The number of alkyl halides is 1. The van der Waals surface area contributed by atoms with Crippen molar-refractivity contribution in [3.05, 3.63) is 59.7 Å². The van der Waals surface area contributed by atoms with Gasteiger partial charge in [0.15, 0.2) is 5.78 Å². The molecule has 0 spiro atoms. The van der Waals surface area contributed by atoms with Gasteiger partial charge in [0.2, 0.25) is 5.91 Å². The number of ketones is 1. The molecule has 0 radical (unpaired) electrons. The number of methoxy groups -OCH3 is 1. The van der Waals surface area contributed by atoms with Crippen LogP contribution in [-0.2, 0) is 4.79 Å². The molecule has 3 N–H and O–H groups in total. The fraction of sp³-hybridized carbons (Fsp3) is 0.533. The number of carbonyl (C=O) groups excluding carboxylic acids is 2. The van der Waals surface area contributed by atoms with Crippen molar-refractivity contribution in [2.75, 3.05) is 40.0 Å². The third-order valence-corrected chi connectivity index (χ3v) is 6.92. The van der Waals surface area contributed by atoms with Gasteiger partial charge in [-0.15, -0.1) is 0 Å². The number of nitrogens with zero attached hydrogens (tertiary/aromatic N) is 1. The number of halogens is 1. The second kappa shape index (κ2) is 16.2. The lowest BCUT2D eigenvalue weighted by atomic mass is 10.0. The van der Waals surface area contributed by atoms with Gasteiger partial charge in [0, 0.05) is 38.0 Å². The van der Waals surface area contributed by atoms with E-state index in [1.807, 2.05) is 4.90 Å². The molecule has 1 heterocycles. The highest BCUT2D eigenvalue weighted by molar-refractivity contribution is 5.96. The molecular formula is C30H41FN2O6. The third kappa shape index (κ3) is 10.2. The van der Waals surface area contributed by atoms with Crippen LogP contribution in [0.15, 0.2) is 48.5 Å². The van der Waals surface area contributed by atoms with Gasteiger partial charge in [-0.25, -0.2) is 0 Å². The van der Waals surface area contributed by atoms with Gasteiger partial charge < -0.3 is 25.0 Å². The highest BCUT2D eigenvalue weighted by atomic mass is 19.1. The Bertz CT molecular complexity index is 1020. The normalized spacial score (nSPS) is 17.0. The smallest absolute Gasteiger partial charge is 0.220 e. The minimum atomic E-state index is -0.955. The van der Waals surface area contributed by atoms with E-state index in [9.17, 15) is 24.2 Å². The van der Waals surface area contributed by atoms with E-state index in [4.69, 9.17) is 9.47 Å². The number of aliphatic hydroxyl groups excluding tert-OH is 2. The molecule has 1 amide bonds. The molecule has 2 unspecified atom stereocenters. The molecule has 1 aliphatic rings. The fourth-order valence-electron chi connectivity index (χ4n) is 4.63. The number of likely N-dealkylation sites (tertiary alicyclic amines) is 1. The molecule has 1 saturated heterocycles. The van der Waals surface area contributed by atoms with Gasteiger partial charge >= 0.3 is 0 Å². The van der Waals surface area contributed by atoms with Gasteiger partial charge in [0.1, 0.15) is 17.6 Å². The molecular weight excluding hydrogens is 503 g/mol. The summed E-state index contributed by atoms with van der Waals surface area (Å²) in [7, 11) is 1.57. The Morgan fingerprint density at radius 2 is 1.72 bits per heavy atom. The van der Waals surface area contributed by atoms with Crippen LogP contribution in [0.1, 0.15) is 67.0 Å². The maximum absolute atomic E-state index is 12.8. The minimum absolute atomic E-state index is 0.0220. The number of rotatable bonds is 17. The van der Waals surface area contributed by atoms with E-state index in [1.54, 1.807) is 55.6 Å². The van der Waals surface area contributed by atoms with E-state index in [1.165, 1.54) is 0 Å². The lowest BCUT2D eigenvalue weighted by molar-refractivity contribution is -0.123. The number of β-amino-alcohol motifs (C(OH)–C–C–N with tert-alkyl or cyclic N) is 1. The summed E-state index contributed by atoms with van der Waals surface area (Å²) in [5, 5.41) is 24.1. The Labute approximate surface area is 230 Å². The second-order valence-electron chi connectivity index (χ2n) is 9.99. The van der Waals surface area contributed by atoms with Crippen molar-refractivity contribution >= 4 is 11.7 Å². The lowest BCUT2D eigenvalue weighted by Crippen LogP contribution is -2.47. The largest absolute Gasteiger partial charge is 0.497 e. The summed E-state index contributed by atoms with van der Waals surface area (Å²) < 4.78 is 23.0. The summed E-state index contributed by atoms with van der Waals surface area (Å²) in [5.41, 5.74) is 1.26. The number of nitrogens with one attached hydrogen (secondary N) is 1. The van der Waals surface area contributed by atoms with E-state index in [2.05, 4.69) is 5.32 Å². The van der Waals surface area contributed by atoms with Gasteiger partial charge in [-0.2, -0.15) is 0 Å². The number of carbonyl (C=O) groups is 2. The predicted molar refractivity (Wildman–Crippen MR) is 147 cm³/mol. The average Bonchev–Trinajstić information content (AvgIpc) is 3.37. The van der Waals surface area contributed by atoms with Crippen molar-refractivity contribution in [3.8, 4) is 11.5 Å². The van der Waals surface area contributed by atoms with E-state index in [0.717, 1.165) is 0 Å². The third-order valence-electron chi connectivity index (χ3n) is 6.92. The molecule has 39 heavy (non-hydrogen) atoms. The Morgan fingerprint density at radius 1 is 1.03 bits per heavy atom. The monoisotopic (exact) mass is 544 g/mol. The molecule has 1 aliphatic heterocycles. The first-order valence-electron chi connectivity index (χ1n) is 13.7. The summed E-state index contributed by atoms with van der Waals surface area (Å²) >= 11 is 0. The van der Waals surface area contributed by atoms with Gasteiger partial charge in [-0.1, -0.05) is 12.1 Å². The van der Waals surface area contributed by atoms with Gasteiger partial charge in [0.25, 0.3) is 0 Å². The summed E-state index contributed by atoms with van der Waals surface area (Å²) in [6.45, 7) is 1.66. The topological polar surface area (TPSA) is 108 Å². The Hall–Kier alpha value is -3.01. The standard InChI is InChI=1S/C30H41FN2O6/c1-38-25-12-8-22(9-13-25)28(35)6-2-3-7-29(36)32-27(21-33-18-16-24(34)20-33)30(37)23-10-14-26(15-11-23)39-19-5-4-17-31/h8-15,24,27,30,34,37H,2-7,16-21H2,1H3,(H,32,36)/t24-,27?,30?/m1/s1. The van der Waals surface area contributed by atoms with E-state index < -0.39 is 18.2 Å². The SMILES string of the molecule is COc1ccc(C(=O)CCCCC(=O)NC(CN2CC[C@@H](O)C2)C(O)c2ccc(OCCCCF)cc2)cc1. The van der Waals surface area contributed by atoms with Crippen molar-refractivity contribution in [3.63, 3.8) is 0 Å². The molecule has 0 bridgehead atoms. The second-order valence-corrected chi connectivity index (χ2v) is 9.99. The summed E-state index contributed by atoms with van der Waals surface area (Å²) in [6, 6.07) is 13.4. The number of benzene rings is 2. The van der Waals surface area contributed by atoms with Crippen LogP contribution in [-0.4, -0.2) is 79.0 Å². The van der Waals surface area contributed by atoms with Crippen molar-refractivity contribution < 1.29 is 33.7 Å².